The molecule has 0 aromatic heterocycles. The minimum Gasteiger partial charge on any atom is -0.374 e. The number of fused-ring (bicyclic) bond motifs is 3. The summed E-state index contributed by atoms with van der Waals surface area (Å²) in [6, 6.07) is 13.8. The number of carbonyl (C=O) groups excluding carboxylic acids is 1. The van der Waals surface area contributed by atoms with Gasteiger partial charge in [0.25, 0.3) is 5.69 Å². The number of benzene rings is 2. The Hall–Kier alpha value is -2.95. The lowest BCUT2D eigenvalue weighted by Gasteiger charge is -2.40. The van der Waals surface area contributed by atoms with Crippen LogP contribution in [0.1, 0.15) is 34.7 Å². The number of anilines is 1. The summed E-state index contributed by atoms with van der Waals surface area (Å²) in [5.74, 6) is 0.213. The monoisotopic (exact) mass is 334 g/mol. The Morgan fingerprint density at radius 1 is 1.16 bits per heavy atom. The molecule has 2 aliphatic rings. The van der Waals surface area contributed by atoms with E-state index < -0.39 is 0 Å². The molecule has 25 heavy (non-hydrogen) atoms. The van der Waals surface area contributed by atoms with Gasteiger partial charge in [-0.1, -0.05) is 42.5 Å². The minimum absolute atomic E-state index is 0.0302. The first kappa shape index (κ1) is 15.6. The van der Waals surface area contributed by atoms with E-state index in [0.717, 1.165) is 24.1 Å². The van der Waals surface area contributed by atoms with Crippen molar-refractivity contribution >= 4 is 17.2 Å². The maximum Gasteiger partial charge on any atom is 0.269 e. The molecule has 126 valence electrons. The third-order valence-electron chi connectivity index (χ3n) is 5.16. The number of nitro benzene ring substituents is 1. The molecule has 0 amide bonds. The molecule has 1 N–H and O–H groups in total. The van der Waals surface area contributed by atoms with Gasteiger partial charge < -0.3 is 5.32 Å². The Morgan fingerprint density at radius 2 is 1.96 bits per heavy atom. The fraction of sp³-hybridized carbons (Fsp3) is 0.250. The second kappa shape index (κ2) is 6.16. The Morgan fingerprint density at radius 3 is 2.72 bits per heavy atom. The van der Waals surface area contributed by atoms with Crippen LogP contribution in [0.3, 0.4) is 0 Å². The first-order chi connectivity index (χ1) is 12.1. The first-order valence-corrected chi connectivity index (χ1v) is 8.46. The van der Waals surface area contributed by atoms with E-state index in [2.05, 4.69) is 17.5 Å². The van der Waals surface area contributed by atoms with Crippen LogP contribution in [0.5, 0.6) is 0 Å². The quantitative estimate of drug-likeness (QED) is 0.393. The van der Waals surface area contributed by atoms with Gasteiger partial charge in [0.15, 0.2) is 5.78 Å². The van der Waals surface area contributed by atoms with E-state index in [1.807, 2.05) is 30.3 Å². The second-order valence-electron chi connectivity index (χ2n) is 6.58. The van der Waals surface area contributed by atoms with Crippen molar-refractivity contribution in [3.8, 4) is 0 Å². The summed E-state index contributed by atoms with van der Waals surface area (Å²) in [6.07, 6.45) is 6.02. The number of ketones is 1. The largest absolute Gasteiger partial charge is 0.374 e. The molecule has 2 aromatic carbocycles. The van der Waals surface area contributed by atoms with Crippen LogP contribution >= 0.6 is 0 Å². The number of carbonyl (C=O) groups is 1. The van der Waals surface area contributed by atoms with Gasteiger partial charge in [-0.15, -0.1) is 0 Å². The smallest absolute Gasteiger partial charge is 0.269 e. The predicted molar refractivity (Wildman–Crippen MR) is 95.9 cm³/mol. The number of non-ortho nitro benzene ring substituents is 1. The predicted octanol–water partition coefficient (Wildman–Crippen LogP) is 4.32. The molecule has 3 unspecified atom stereocenters. The molecule has 5 heteroatoms. The van der Waals surface area contributed by atoms with Crippen LogP contribution in [-0.2, 0) is 0 Å². The van der Waals surface area contributed by atoms with Crippen LogP contribution in [0.15, 0.2) is 60.7 Å². The highest BCUT2D eigenvalue weighted by Gasteiger charge is 2.40. The van der Waals surface area contributed by atoms with Gasteiger partial charge >= 0.3 is 0 Å². The third-order valence-corrected chi connectivity index (χ3v) is 5.16. The van der Waals surface area contributed by atoms with E-state index in [1.54, 1.807) is 12.1 Å². The Kier molecular flexibility index (Phi) is 3.84. The van der Waals surface area contributed by atoms with Gasteiger partial charge in [0, 0.05) is 29.3 Å². The highest BCUT2D eigenvalue weighted by Crippen LogP contribution is 2.45. The molecular weight excluding hydrogens is 316 g/mol. The molecule has 5 nitrogen and oxygen atoms in total. The number of Topliss-reactive ketones (excluding diaryl/α,β-unsaturated/α-hetero) is 1. The molecule has 0 bridgehead atoms. The summed E-state index contributed by atoms with van der Waals surface area (Å²) < 4.78 is 0. The topological polar surface area (TPSA) is 72.2 Å². The van der Waals surface area contributed by atoms with Gasteiger partial charge in [-0.05, 0) is 30.4 Å². The van der Waals surface area contributed by atoms with Gasteiger partial charge in [-0.3, -0.25) is 14.9 Å². The number of rotatable bonds is 3. The van der Waals surface area contributed by atoms with Crippen molar-refractivity contribution in [3.05, 3.63) is 81.9 Å². The summed E-state index contributed by atoms with van der Waals surface area (Å²) in [5, 5.41) is 14.5. The van der Waals surface area contributed by atoms with Crippen molar-refractivity contribution in [1.29, 1.82) is 0 Å². The summed E-state index contributed by atoms with van der Waals surface area (Å²) in [7, 11) is 0. The minimum atomic E-state index is -0.372. The molecule has 1 aliphatic carbocycles. The zero-order valence-electron chi connectivity index (χ0n) is 13.6. The average molecular weight is 334 g/mol. The molecule has 0 saturated heterocycles. The first-order valence-electron chi connectivity index (χ1n) is 8.46. The van der Waals surface area contributed by atoms with Crippen molar-refractivity contribution in [2.45, 2.75) is 24.8 Å². The van der Waals surface area contributed by atoms with Gasteiger partial charge in [0.2, 0.25) is 0 Å². The van der Waals surface area contributed by atoms with Gasteiger partial charge in [-0.25, -0.2) is 0 Å². The van der Waals surface area contributed by atoms with Crippen molar-refractivity contribution in [2.24, 2.45) is 5.92 Å². The SMILES string of the molecule is O=C(c1ccccc1)C1Nc2ccc([N+](=O)[O-])cc2C2C=CCCC12. The van der Waals surface area contributed by atoms with E-state index >= 15 is 0 Å². The van der Waals surface area contributed by atoms with Crippen LogP contribution < -0.4 is 5.32 Å². The molecule has 0 spiro atoms. The lowest BCUT2D eigenvalue weighted by Crippen LogP contribution is -2.44. The third kappa shape index (κ3) is 2.71. The van der Waals surface area contributed by atoms with E-state index in [4.69, 9.17) is 0 Å². The molecule has 3 atom stereocenters. The normalized spacial score (nSPS) is 23.9. The molecule has 2 aromatic rings. The van der Waals surface area contributed by atoms with Crippen molar-refractivity contribution in [2.75, 3.05) is 5.32 Å². The summed E-state index contributed by atoms with van der Waals surface area (Å²) in [5.41, 5.74) is 2.50. The van der Waals surface area contributed by atoms with Gasteiger partial charge in [-0.2, -0.15) is 0 Å². The van der Waals surface area contributed by atoms with E-state index in [0.29, 0.717) is 5.56 Å². The molecule has 1 heterocycles. The highest BCUT2D eigenvalue weighted by molar-refractivity contribution is 6.02. The zero-order valence-corrected chi connectivity index (χ0v) is 13.6. The summed E-state index contributed by atoms with van der Waals surface area (Å²) >= 11 is 0. The summed E-state index contributed by atoms with van der Waals surface area (Å²) in [4.78, 5) is 23.8. The molecule has 0 fully saturated rings. The maximum absolute atomic E-state index is 13.0. The van der Waals surface area contributed by atoms with Crippen molar-refractivity contribution in [1.82, 2.24) is 0 Å². The van der Waals surface area contributed by atoms with E-state index in [1.165, 1.54) is 6.07 Å². The molecule has 0 radical (unpaired) electrons. The zero-order chi connectivity index (χ0) is 17.4. The van der Waals surface area contributed by atoms with Gasteiger partial charge in [0.05, 0.1) is 11.0 Å². The number of nitrogens with one attached hydrogen (secondary N) is 1. The van der Waals surface area contributed by atoms with Crippen molar-refractivity contribution < 1.29 is 9.72 Å². The number of nitro groups is 1. The van der Waals surface area contributed by atoms with E-state index in [-0.39, 0.29) is 34.3 Å². The second-order valence-corrected chi connectivity index (χ2v) is 6.58. The molecular formula is C20H18N2O3. The fourth-order valence-corrected chi connectivity index (χ4v) is 3.95. The molecule has 4 rings (SSSR count). The number of nitrogens with zero attached hydrogens (tertiary/aromatic N) is 1. The van der Waals surface area contributed by atoms with Crippen LogP contribution in [-0.4, -0.2) is 16.7 Å². The number of allylic oxidation sites excluding steroid dienone is 2. The Labute approximate surface area is 145 Å². The standard InChI is InChI=1S/C20H18N2O3/c23-20(13-6-2-1-3-7-13)19-16-9-5-4-8-15(16)17-12-14(22(24)25)10-11-18(17)21-19/h1-4,6-8,10-12,15-16,19,21H,5,9H2. The fourth-order valence-electron chi connectivity index (χ4n) is 3.95. The molecule has 0 saturated carbocycles. The van der Waals surface area contributed by atoms with Crippen LogP contribution in [0.25, 0.3) is 0 Å². The van der Waals surface area contributed by atoms with Crippen LogP contribution in [0.4, 0.5) is 11.4 Å². The Bertz CT molecular complexity index is 860. The summed E-state index contributed by atoms with van der Waals surface area (Å²) in [6.45, 7) is 0. The van der Waals surface area contributed by atoms with Gasteiger partial charge in [0.1, 0.15) is 0 Å². The number of hydrogen-bond acceptors (Lipinski definition) is 4. The Balaban J connectivity index is 1.76. The highest BCUT2D eigenvalue weighted by atomic mass is 16.6. The number of hydrogen-bond donors (Lipinski definition) is 1. The lowest BCUT2D eigenvalue weighted by molar-refractivity contribution is -0.384. The lowest BCUT2D eigenvalue weighted by atomic mass is 9.71. The van der Waals surface area contributed by atoms with Crippen LogP contribution in [0.2, 0.25) is 0 Å². The maximum atomic E-state index is 13.0. The molecule has 1 aliphatic heterocycles. The average Bonchev–Trinajstić information content (AvgIpc) is 2.67. The van der Waals surface area contributed by atoms with Crippen LogP contribution in [0, 0.1) is 16.0 Å². The van der Waals surface area contributed by atoms with E-state index in [9.17, 15) is 14.9 Å². The van der Waals surface area contributed by atoms with Crippen molar-refractivity contribution in [3.63, 3.8) is 0 Å².